The minimum atomic E-state index is -5.08. The number of carboxylic acids is 1. The summed E-state index contributed by atoms with van der Waals surface area (Å²) in [6.07, 6.45) is -1.63. The topological polar surface area (TPSA) is 95.4 Å². The Morgan fingerprint density at radius 3 is 2.29 bits per heavy atom. The van der Waals surface area contributed by atoms with Crippen molar-refractivity contribution in [2.75, 3.05) is 25.0 Å². The molecule has 1 aromatic heterocycles. The Balaban J connectivity index is 0.000000345. The maximum atomic E-state index is 12.1. The highest BCUT2D eigenvalue weighted by atomic mass is 32.1. The van der Waals surface area contributed by atoms with Crippen LogP contribution in [0.5, 0.6) is 0 Å². The number of nitrogens with one attached hydrogen (secondary N) is 1. The van der Waals surface area contributed by atoms with E-state index in [2.05, 4.69) is 15.5 Å². The van der Waals surface area contributed by atoms with Crippen LogP contribution in [0.15, 0.2) is 30.3 Å². The minimum absolute atomic E-state index is 0.145. The first-order valence-corrected chi connectivity index (χ1v) is 9.29. The highest BCUT2D eigenvalue weighted by molar-refractivity contribution is 7.18. The second-order valence-corrected chi connectivity index (χ2v) is 6.85. The number of halogens is 3. The van der Waals surface area contributed by atoms with Crippen molar-refractivity contribution in [1.82, 2.24) is 15.1 Å². The standard InChI is InChI=1S/C15H18N4OS.C2HF3O2/c20-13(19-9-5-2-6-10-19)11-16-15-18-17-14(21-15)12-7-3-1-4-8-12;3-2(4,5)1(6)7/h1,3-4,7-8H,2,5-6,9-11H2,(H,16,18);(H,6,7). The quantitative estimate of drug-likeness (QED) is 0.794. The van der Waals surface area contributed by atoms with Gasteiger partial charge in [-0.15, -0.1) is 10.2 Å². The lowest BCUT2D eigenvalue weighted by Gasteiger charge is -2.26. The molecule has 0 atom stereocenters. The zero-order chi connectivity index (χ0) is 20.6. The maximum Gasteiger partial charge on any atom is 0.490 e. The third kappa shape index (κ3) is 6.80. The van der Waals surface area contributed by atoms with Crippen molar-refractivity contribution >= 4 is 28.3 Å². The molecule has 11 heteroatoms. The highest BCUT2D eigenvalue weighted by Crippen LogP contribution is 2.25. The second kappa shape index (κ2) is 10.0. The third-order valence-electron chi connectivity index (χ3n) is 3.79. The van der Waals surface area contributed by atoms with Crippen molar-refractivity contribution in [3.63, 3.8) is 0 Å². The van der Waals surface area contributed by atoms with Crippen LogP contribution in [-0.4, -0.2) is 57.9 Å². The molecule has 1 saturated heterocycles. The summed E-state index contributed by atoms with van der Waals surface area (Å²) in [7, 11) is 0. The number of carbonyl (C=O) groups excluding carboxylic acids is 1. The van der Waals surface area contributed by atoms with Crippen molar-refractivity contribution < 1.29 is 27.9 Å². The van der Waals surface area contributed by atoms with Crippen LogP contribution in [0.25, 0.3) is 10.6 Å². The Labute approximate surface area is 163 Å². The number of rotatable bonds is 4. The van der Waals surface area contributed by atoms with E-state index in [1.54, 1.807) is 0 Å². The molecule has 0 spiro atoms. The Hall–Kier alpha value is -2.69. The molecule has 2 N–H and O–H groups in total. The van der Waals surface area contributed by atoms with Crippen molar-refractivity contribution in [3.05, 3.63) is 30.3 Å². The van der Waals surface area contributed by atoms with Crippen molar-refractivity contribution in [3.8, 4) is 10.6 Å². The van der Waals surface area contributed by atoms with E-state index in [9.17, 15) is 18.0 Å². The van der Waals surface area contributed by atoms with E-state index in [0.717, 1.165) is 36.5 Å². The van der Waals surface area contributed by atoms with Crippen molar-refractivity contribution in [1.29, 1.82) is 0 Å². The van der Waals surface area contributed by atoms with E-state index in [1.165, 1.54) is 17.8 Å². The molecule has 7 nitrogen and oxygen atoms in total. The lowest BCUT2D eigenvalue weighted by molar-refractivity contribution is -0.192. The number of carbonyl (C=O) groups is 2. The first kappa shape index (κ1) is 21.6. The van der Waals surface area contributed by atoms with E-state index >= 15 is 0 Å². The molecule has 0 saturated carbocycles. The first-order chi connectivity index (χ1) is 13.3. The van der Waals surface area contributed by atoms with Crippen LogP contribution in [0.1, 0.15) is 19.3 Å². The predicted molar refractivity (Wildman–Crippen MR) is 98.0 cm³/mol. The lowest BCUT2D eigenvalue weighted by atomic mass is 10.1. The summed E-state index contributed by atoms with van der Waals surface area (Å²) in [5.41, 5.74) is 1.05. The molecule has 28 heavy (non-hydrogen) atoms. The number of nitrogens with zero attached hydrogens (tertiary/aromatic N) is 3. The van der Waals surface area contributed by atoms with E-state index in [4.69, 9.17) is 9.90 Å². The van der Waals surface area contributed by atoms with Gasteiger partial charge in [0.25, 0.3) is 0 Å². The number of benzene rings is 1. The van der Waals surface area contributed by atoms with Crippen molar-refractivity contribution in [2.24, 2.45) is 0 Å². The van der Waals surface area contributed by atoms with Crippen LogP contribution in [0, 0.1) is 0 Å². The summed E-state index contributed by atoms with van der Waals surface area (Å²) < 4.78 is 31.7. The van der Waals surface area contributed by atoms with Gasteiger partial charge in [-0.3, -0.25) is 4.79 Å². The van der Waals surface area contributed by atoms with Crippen molar-refractivity contribution in [2.45, 2.75) is 25.4 Å². The first-order valence-electron chi connectivity index (χ1n) is 8.48. The average molecular weight is 416 g/mol. The summed E-state index contributed by atoms with van der Waals surface area (Å²) in [6.45, 7) is 2.06. The summed E-state index contributed by atoms with van der Waals surface area (Å²) >= 11 is 1.47. The number of alkyl halides is 3. The molecule has 1 aliphatic heterocycles. The highest BCUT2D eigenvalue weighted by Gasteiger charge is 2.38. The van der Waals surface area contributed by atoms with Gasteiger partial charge >= 0.3 is 12.1 Å². The Bertz CT molecular complexity index is 777. The number of anilines is 1. The van der Waals surface area contributed by atoms with Crippen LogP contribution < -0.4 is 5.32 Å². The SMILES string of the molecule is O=C(CNc1nnc(-c2ccccc2)s1)N1CCCCC1.O=C(O)C(F)(F)F. The Morgan fingerprint density at radius 2 is 1.71 bits per heavy atom. The van der Waals surface area contributed by atoms with Gasteiger partial charge in [0.1, 0.15) is 5.01 Å². The molecule has 0 radical (unpaired) electrons. The summed E-state index contributed by atoms with van der Waals surface area (Å²) in [6, 6.07) is 9.93. The smallest absolute Gasteiger partial charge is 0.475 e. The van der Waals surface area contributed by atoms with Crippen LogP contribution in [0.3, 0.4) is 0 Å². The fourth-order valence-electron chi connectivity index (χ4n) is 2.40. The molecule has 1 aromatic carbocycles. The number of hydrogen-bond acceptors (Lipinski definition) is 6. The van der Waals surface area contributed by atoms with E-state index in [-0.39, 0.29) is 5.91 Å². The molecule has 152 valence electrons. The van der Waals surface area contributed by atoms with Crippen LogP contribution in [0.2, 0.25) is 0 Å². The predicted octanol–water partition coefficient (Wildman–Crippen LogP) is 3.26. The minimum Gasteiger partial charge on any atom is -0.475 e. The molecule has 1 amide bonds. The van der Waals surface area contributed by atoms with Gasteiger partial charge in [-0.1, -0.05) is 41.7 Å². The zero-order valence-electron chi connectivity index (χ0n) is 14.8. The molecule has 1 aliphatic rings. The summed E-state index contributed by atoms with van der Waals surface area (Å²) in [5.74, 6) is -2.61. The van der Waals surface area contributed by atoms with Gasteiger partial charge in [-0.25, -0.2) is 4.79 Å². The van der Waals surface area contributed by atoms with Crippen LogP contribution in [0.4, 0.5) is 18.3 Å². The lowest BCUT2D eigenvalue weighted by Crippen LogP contribution is -2.39. The van der Waals surface area contributed by atoms with Gasteiger partial charge in [0.05, 0.1) is 6.54 Å². The average Bonchev–Trinajstić information content (AvgIpc) is 3.16. The molecule has 2 heterocycles. The molecule has 2 aromatic rings. The molecular formula is C17H19F3N4O3S. The summed E-state index contributed by atoms with van der Waals surface area (Å²) in [5, 5.41) is 20.0. The fourth-order valence-corrected chi connectivity index (χ4v) is 3.14. The van der Waals surface area contributed by atoms with E-state index < -0.39 is 12.1 Å². The number of piperidine rings is 1. The van der Waals surface area contributed by atoms with E-state index in [1.807, 2.05) is 35.2 Å². The number of likely N-dealkylation sites (tertiary alicyclic amines) is 1. The van der Waals surface area contributed by atoms with Gasteiger partial charge < -0.3 is 15.3 Å². The number of hydrogen-bond donors (Lipinski definition) is 2. The molecule has 0 bridgehead atoms. The summed E-state index contributed by atoms with van der Waals surface area (Å²) in [4.78, 5) is 22.9. The zero-order valence-corrected chi connectivity index (χ0v) is 15.6. The Morgan fingerprint density at radius 1 is 1.11 bits per heavy atom. The number of amides is 1. The normalized spacial score (nSPS) is 14.0. The second-order valence-electron chi connectivity index (χ2n) is 5.88. The van der Waals surface area contributed by atoms with Gasteiger partial charge in [-0.05, 0) is 19.3 Å². The fraction of sp³-hybridized carbons (Fsp3) is 0.412. The van der Waals surface area contributed by atoms with Gasteiger partial charge in [0, 0.05) is 18.7 Å². The number of aliphatic carboxylic acids is 1. The van der Waals surface area contributed by atoms with Crippen LogP contribution >= 0.6 is 11.3 Å². The largest absolute Gasteiger partial charge is 0.490 e. The molecular weight excluding hydrogens is 397 g/mol. The molecule has 3 rings (SSSR count). The van der Waals surface area contributed by atoms with Gasteiger partial charge in [0.2, 0.25) is 11.0 Å². The monoisotopic (exact) mass is 416 g/mol. The molecule has 0 aliphatic carbocycles. The van der Waals surface area contributed by atoms with Gasteiger partial charge in [0.15, 0.2) is 0 Å². The Kier molecular flexibility index (Phi) is 7.73. The van der Waals surface area contributed by atoms with Gasteiger partial charge in [-0.2, -0.15) is 13.2 Å². The number of aromatic nitrogens is 2. The molecule has 0 unspecified atom stereocenters. The third-order valence-corrected chi connectivity index (χ3v) is 4.72. The number of carboxylic acid groups (broad SMARTS) is 1. The maximum absolute atomic E-state index is 12.1. The molecule has 1 fully saturated rings. The van der Waals surface area contributed by atoms with E-state index in [0.29, 0.717) is 11.7 Å². The van der Waals surface area contributed by atoms with Crippen LogP contribution in [-0.2, 0) is 9.59 Å².